The Bertz CT molecular complexity index is 1360. The van der Waals surface area contributed by atoms with Crippen molar-refractivity contribution in [1.82, 2.24) is 4.98 Å². The minimum Gasteiger partial charge on any atom is -0.505 e. The molecule has 5 nitrogen and oxygen atoms in total. The fourth-order valence-corrected chi connectivity index (χ4v) is 4.84. The number of nitriles is 1. The summed E-state index contributed by atoms with van der Waals surface area (Å²) >= 11 is 0. The number of fused-ring (bicyclic) bond motifs is 2. The van der Waals surface area contributed by atoms with E-state index in [0.29, 0.717) is 11.2 Å². The normalized spacial score (nSPS) is 21.7. The molecule has 34 heavy (non-hydrogen) atoms. The van der Waals surface area contributed by atoms with Crippen LogP contribution in [0, 0.1) is 29.9 Å². The molecule has 0 spiro atoms. The largest absolute Gasteiger partial charge is 0.505 e. The third kappa shape index (κ3) is 3.42. The number of pyridine rings is 1. The summed E-state index contributed by atoms with van der Waals surface area (Å²) in [5.41, 5.74) is -5.73. The molecule has 4 rings (SSSR count). The number of nitrogens with one attached hydrogen (secondary N) is 1. The van der Waals surface area contributed by atoms with Crippen LogP contribution in [0.3, 0.4) is 0 Å². The number of rotatable bonds is 2. The van der Waals surface area contributed by atoms with E-state index in [0.717, 1.165) is 12.1 Å². The Morgan fingerprint density at radius 3 is 2.47 bits per heavy atom. The summed E-state index contributed by atoms with van der Waals surface area (Å²) in [6.07, 6.45) is -6.16. The standard InChI is InChI=1S/C24H20F5N3O2/c1-11-4-5-13-16(31-11)7-6-15(25)19(13)32-21-14-8-12(9-30)18(26)20(33)17(14)22(2,3)10-23(21,34)24(27,28)29/h4-8,21,32-34H,10H2,1-3H3. The highest BCUT2D eigenvalue weighted by molar-refractivity contribution is 5.92. The molecular formula is C24H20F5N3O2. The molecule has 2 aromatic carbocycles. The third-order valence-corrected chi connectivity index (χ3v) is 6.31. The van der Waals surface area contributed by atoms with Crippen molar-refractivity contribution in [2.75, 3.05) is 5.32 Å². The zero-order valence-electron chi connectivity index (χ0n) is 18.3. The van der Waals surface area contributed by atoms with Crippen LogP contribution in [0.4, 0.5) is 27.6 Å². The number of aliphatic hydroxyl groups is 1. The van der Waals surface area contributed by atoms with Crippen LogP contribution in [-0.4, -0.2) is 27.0 Å². The molecule has 0 saturated carbocycles. The van der Waals surface area contributed by atoms with E-state index in [-0.39, 0.29) is 22.2 Å². The second kappa shape index (κ2) is 7.53. The number of hydrogen-bond acceptors (Lipinski definition) is 5. The number of anilines is 1. The fraction of sp³-hybridized carbons (Fsp3) is 0.333. The number of aromatic nitrogens is 1. The van der Waals surface area contributed by atoms with Crippen molar-refractivity contribution >= 4 is 16.6 Å². The van der Waals surface area contributed by atoms with Gasteiger partial charge >= 0.3 is 6.18 Å². The minimum atomic E-state index is -5.20. The maximum absolute atomic E-state index is 14.9. The molecule has 2 unspecified atom stereocenters. The van der Waals surface area contributed by atoms with Crippen LogP contribution in [0.5, 0.6) is 5.75 Å². The number of nitrogens with zero attached hydrogens (tertiary/aromatic N) is 2. The van der Waals surface area contributed by atoms with Crippen LogP contribution in [0.25, 0.3) is 10.9 Å². The molecule has 1 aliphatic carbocycles. The highest BCUT2D eigenvalue weighted by Crippen LogP contribution is 2.57. The van der Waals surface area contributed by atoms with Gasteiger partial charge in [-0.25, -0.2) is 8.78 Å². The maximum Gasteiger partial charge on any atom is 0.419 e. The first kappa shape index (κ1) is 23.7. The molecule has 0 amide bonds. The van der Waals surface area contributed by atoms with Crippen molar-refractivity contribution in [2.24, 2.45) is 0 Å². The van der Waals surface area contributed by atoms with Crippen LogP contribution < -0.4 is 5.32 Å². The summed E-state index contributed by atoms with van der Waals surface area (Å²) in [6.45, 7) is 4.32. The Kier molecular flexibility index (Phi) is 5.25. The first-order valence-electron chi connectivity index (χ1n) is 10.3. The van der Waals surface area contributed by atoms with Crippen LogP contribution in [-0.2, 0) is 5.41 Å². The van der Waals surface area contributed by atoms with Crippen LogP contribution >= 0.6 is 0 Å². The van der Waals surface area contributed by atoms with Crippen molar-refractivity contribution in [3.8, 4) is 11.8 Å². The zero-order chi connectivity index (χ0) is 25.2. The van der Waals surface area contributed by atoms with E-state index in [1.807, 2.05) is 0 Å². The van der Waals surface area contributed by atoms with Gasteiger partial charge in [-0.1, -0.05) is 13.8 Å². The number of phenols is 1. The van der Waals surface area contributed by atoms with Crippen LogP contribution in [0.2, 0.25) is 0 Å². The molecule has 0 saturated heterocycles. The fourth-order valence-electron chi connectivity index (χ4n) is 4.84. The van der Waals surface area contributed by atoms with Gasteiger partial charge in [0.2, 0.25) is 0 Å². The molecule has 0 bridgehead atoms. The van der Waals surface area contributed by atoms with E-state index in [9.17, 15) is 37.4 Å². The molecule has 3 N–H and O–H groups in total. The lowest BCUT2D eigenvalue weighted by molar-refractivity contribution is -0.276. The molecular weight excluding hydrogens is 457 g/mol. The van der Waals surface area contributed by atoms with E-state index in [4.69, 9.17) is 0 Å². The molecule has 0 radical (unpaired) electrons. The second-order valence-corrected chi connectivity index (χ2v) is 9.16. The van der Waals surface area contributed by atoms with Crippen LogP contribution in [0.15, 0.2) is 30.3 Å². The van der Waals surface area contributed by atoms with E-state index >= 15 is 0 Å². The molecule has 1 aliphatic rings. The number of halogens is 5. The molecule has 10 heteroatoms. The van der Waals surface area contributed by atoms with E-state index in [1.165, 1.54) is 32.0 Å². The monoisotopic (exact) mass is 477 g/mol. The quantitative estimate of drug-likeness (QED) is 0.423. The SMILES string of the molecule is Cc1ccc2c(NC3c4cc(C#N)c(F)c(O)c4C(C)(C)CC3(O)C(F)(F)F)c(F)ccc2n1. The Balaban J connectivity index is 2.04. The Hall–Kier alpha value is -3.45. The topological polar surface area (TPSA) is 89.2 Å². The molecule has 3 aromatic rings. The number of hydrogen-bond donors (Lipinski definition) is 3. The lowest BCUT2D eigenvalue weighted by Gasteiger charge is -2.49. The predicted octanol–water partition coefficient (Wildman–Crippen LogP) is 5.53. The third-order valence-electron chi connectivity index (χ3n) is 6.31. The summed E-state index contributed by atoms with van der Waals surface area (Å²) in [6, 6.07) is 5.70. The Morgan fingerprint density at radius 2 is 1.85 bits per heavy atom. The molecule has 0 fully saturated rings. The molecule has 1 aromatic heterocycles. The summed E-state index contributed by atoms with van der Waals surface area (Å²) in [7, 11) is 0. The van der Waals surface area contributed by atoms with Crippen molar-refractivity contribution in [2.45, 2.75) is 50.4 Å². The van der Waals surface area contributed by atoms with Gasteiger partial charge in [-0.05, 0) is 54.7 Å². The first-order valence-corrected chi connectivity index (χ1v) is 10.3. The summed E-state index contributed by atoms with van der Waals surface area (Å²) in [5.74, 6) is -3.16. The van der Waals surface area contributed by atoms with Gasteiger partial charge in [0.15, 0.2) is 17.2 Å². The van der Waals surface area contributed by atoms with Gasteiger partial charge in [0.1, 0.15) is 11.9 Å². The number of benzene rings is 2. The maximum atomic E-state index is 14.9. The van der Waals surface area contributed by atoms with E-state index < -0.39 is 52.6 Å². The highest BCUT2D eigenvalue weighted by atomic mass is 19.4. The predicted molar refractivity (Wildman–Crippen MR) is 114 cm³/mol. The Morgan fingerprint density at radius 1 is 1.18 bits per heavy atom. The van der Waals surface area contributed by atoms with Crippen molar-refractivity contribution in [1.29, 1.82) is 5.26 Å². The van der Waals surface area contributed by atoms with Gasteiger partial charge in [0, 0.05) is 16.6 Å². The number of aromatic hydroxyl groups is 1. The van der Waals surface area contributed by atoms with Crippen molar-refractivity contribution < 1.29 is 32.2 Å². The average molecular weight is 477 g/mol. The molecule has 0 aliphatic heterocycles. The van der Waals surface area contributed by atoms with Crippen molar-refractivity contribution in [3.05, 3.63) is 64.4 Å². The lowest BCUT2D eigenvalue weighted by Crippen LogP contribution is -2.58. The summed E-state index contributed by atoms with van der Waals surface area (Å²) in [5, 5.41) is 33.5. The number of alkyl halides is 3. The first-order chi connectivity index (χ1) is 15.7. The van der Waals surface area contributed by atoms with Gasteiger partial charge in [-0.3, -0.25) is 4.98 Å². The van der Waals surface area contributed by atoms with Gasteiger partial charge in [-0.15, -0.1) is 0 Å². The highest BCUT2D eigenvalue weighted by Gasteiger charge is 2.64. The van der Waals surface area contributed by atoms with Gasteiger partial charge in [0.05, 0.1) is 22.8 Å². The van der Waals surface area contributed by atoms with Gasteiger partial charge in [-0.2, -0.15) is 18.4 Å². The molecule has 1 heterocycles. The minimum absolute atomic E-state index is 0.161. The number of phenolic OH excluding ortho intramolecular Hbond substituents is 1. The molecule has 178 valence electrons. The lowest BCUT2D eigenvalue weighted by atomic mass is 9.63. The van der Waals surface area contributed by atoms with Gasteiger partial charge < -0.3 is 15.5 Å². The van der Waals surface area contributed by atoms with Crippen molar-refractivity contribution in [3.63, 3.8) is 0 Å². The smallest absolute Gasteiger partial charge is 0.419 e. The Labute approximate surface area is 191 Å². The molecule has 2 atom stereocenters. The average Bonchev–Trinajstić information content (AvgIpc) is 2.73. The number of aryl methyl sites for hydroxylation is 1. The summed E-state index contributed by atoms with van der Waals surface area (Å²) < 4.78 is 72.5. The zero-order valence-corrected chi connectivity index (χ0v) is 18.3. The second-order valence-electron chi connectivity index (χ2n) is 9.16. The van der Waals surface area contributed by atoms with Crippen LogP contribution in [0.1, 0.15) is 48.7 Å². The summed E-state index contributed by atoms with van der Waals surface area (Å²) in [4.78, 5) is 4.25. The van der Waals surface area contributed by atoms with E-state index in [1.54, 1.807) is 13.0 Å². The van der Waals surface area contributed by atoms with E-state index in [2.05, 4.69) is 10.3 Å². The van der Waals surface area contributed by atoms with Gasteiger partial charge in [0.25, 0.3) is 0 Å².